The second kappa shape index (κ2) is 9.95. The zero-order chi connectivity index (χ0) is 19.8. The monoisotopic (exact) mass is 420 g/mol. The predicted molar refractivity (Wildman–Crippen MR) is 104 cm³/mol. The molecule has 1 N–H and O–H groups in total. The maximum absolute atomic E-state index is 12.9. The predicted octanol–water partition coefficient (Wildman–Crippen LogP) is 3.79. The highest BCUT2D eigenvalue weighted by Gasteiger charge is 2.10. The molecule has 0 fully saturated rings. The van der Waals surface area contributed by atoms with Crippen molar-refractivity contribution >= 4 is 34.6 Å². The van der Waals surface area contributed by atoms with Crippen LogP contribution in [-0.4, -0.2) is 23.4 Å². The number of thiophene rings is 1. The molecule has 9 heteroatoms. The Morgan fingerprint density at radius 2 is 1.93 bits per heavy atom. The lowest BCUT2D eigenvalue weighted by Gasteiger charge is -2.05. The highest BCUT2D eigenvalue weighted by atomic mass is 32.1. The van der Waals surface area contributed by atoms with Gasteiger partial charge in [-0.05, 0) is 35.7 Å². The summed E-state index contributed by atoms with van der Waals surface area (Å²) in [7, 11) is 0. The average Bonchev–Trinajstić information content (AvgIpc) is 3.38. The third kappa shape index (κ3) is 6.14. The number of esters is 1. The number of thiazole rings is 1. The summed E-state index contributed by atoms with van der Waals surface area (Å²) in [5.41, 5.74) is 0.624. The van der Waals surface area contributed by atoms with E-state index in [1.165, 1.54) is 34.8 Å². The Kier molecular flexibility index (Phi) is 7.10. The Hall–Kier alpha value is -2.78. The van der Waals surface area contributed by atoms with Crippen LogP contribution in [0, 0.1) is 5.82 Å². The number of carbonyl (C=O) groups excluding carboxylic acids is 2. The molecule has 3 aromatic rings. The van der Waals surface area contributed by atoms with Crippen molar-refractivity contribution < 1.29 is 23.5 Å². The molecule has 2 heterocycles. The molecule has 0 spiro atoms. The molecular formula is C19H17FN2O4S2. The van der Waals surface area contributed by atoms with E-state index in [2.05, 4.69) is 10.3 Å². The molecule has 0 saturated carbocycles. The highest BCUT2D eigenvalue weighted by molar-refractivity contribution is 7.12. The van der Waals surface area contributed by atoms with E-state index >= 15 is 0 Å². The van der Waals surface area contributed by atoms with Gasteiger partial charge in [-0.25, -0.2) is 9.37 Å². The summed E-state index contributed by atoms with van der Waals surface area (Å²) in [5.74, 6) is -0.386. The number of nitrogens with zero attached hydrogens (tertiary/aromatic N) is 1. The van der Waals surface area contributed by atoms with E-state index in [0.717, 1.165) is 5.01 Å². The molecule has 0 aliphatic rings. The Morgan fingerprint density at radius 3 is 2.68 bits per heavy atom. The molecule has 28 heavy (non-hydrogen) atoms. The first-order valence-electron chi connectivity index (χ1n) is 8.39. The SMILES string of the molecule is O=C(CCNC(=O)c1cccs1)OCc1csc(COc2ccc(F)cc2)n1. The van der Waals surface area contributed by atoms with Gasteiger partial charge in [0.1, 0.15) is 29.8 Å². The van der Waals surface area contributed by atoms with Gasteiger partial charge in [-0.1, -0.05) is 6.07 Å². The fraction of sp³-hybridized carbons (Fsp3) is 0.211. The minimum Gasteiger partial charge on any atom is -0.486 e. The lowest BCUT2D eigenvalue weighted by molar-refractivity contribution is -0.144. The first-order chi connectivity index (χ1) is 13.6. The second-order valence-electron chi connectivity index (χ2n) is 5.62. The molecule has 1 amide bonds. The van der Waals surface area contributed by atoms with Gasteiger partial charge in [-0.2, -0.15) is 0 Å². The molecule has 2 aromatic heterocycles. The van der Waals surface area contributed by atoms with Crippen LogP contribution in [0.1, 0.15) is 26.8 Å². The van der Waals surface area contributed by atoms with Crippen molar-refractivity contribution in [1.29, 1.82) is 0 Å². The largest absolute Gasteiger partial charge is 0.486 e. The fourth-order valence-corrected chi connectivity index (χ4v) is 3.49. The van der Waals surface area contributed by atoms with E-state index < -0.39 is 5.97 Å². The molecule has 0 bridgehead atoms. The van der Waals surface area contributed by atoms with E-state index in [9.17, 15) is 14.0 Å². The van der Waals surface area contributed by atoms with Crippen LogP contribution in [0.15, 0.2) is 47.2 Å². The van der Waals surface area contributed by atoms with Gasteiger partial charge in [-0.15, -0.1) is 22.7 Å². The van der Waals surface area contributed by atoms with Crippen LogP contribution in [0.25, 0.3) is 0 Å². The summed E-state index contributed by atoms with van der Waals surface area (Å²) in [6, 6.07) is 9.25. The van der Waals surface area contributed by atoms with Crippen molar-refractivity contribution in [1.82, 2.24) is 10.3 Å². The third-order valence-electron chi connectivity index (χ3n) is 3.52. The highest BCUT2D eigenvalue weighted by Crippen LogP contribution is 2.16. The number of hydrogen-bond acceptors (Lipinski definition) is 7. The van der Waals surface area contributed by atoms with Gasteiger partial charge >= 0.3 is 5.97 Å². The van der Waals surface area contributed by atoms with Crippen molar-refractivity contribution in [2.24, 2.45) is 0 Å². The quantitative estimate of drug-likeness (QED) is 0.533. The maximum Gasteiger partial charge on any atom is 0.307 e. The zero-order valence-electron chi connectivity index (χ0n) is 14.7. The Bertz CT molecular complexity index is 910. The van der Waals surface area contributed by atoms with E-state index in [1.807, 2.05) is 5.38 Å². The summed E-state index contributed by atoms with van der Waals surface area (Å²) >= 11 is 2.73. The minimum absolute atomic E-state index is 0.0603. The Balaban J connectivity index is 1.35. The van der Waals surface area contributed by atoms with E-state index in [4.69, 9.17) is 9.47 Å². The van der Waals surface area contributed by atoms with E-state index in [-0.39, 0.29) is 37.9 Å². The molecule has 3 rings (SSSR count). The smallest absolute Gasteiger partial charge is 0.307 e. The number of benzene rings is 1. The van der Waals surface area contributed by atoms with Crippen LogP contribution >= 0.6 is 22.7 Å². The standard InChI is InChI=1S/C19H17FN2O4S2/c20-13-3-5-15(6-4-13)25-11-17-22-14(12-28-17)10-26-18(23)7-8-21-19(24)16-2-1-9-27-16/h1-6,9,12H,7-8,10-11H2,(H,21,24). The van der Waals surface area contributed by atoms with Gasteiger partial charge in [-0.3, -0.25) is 9.59 Å². The number of halogens is 1. The van der Waals surface area contributed by atoms with Crippen LogP contribution < -0.4 is 10.1 Å². The minimum atomic E-state index is -0.413. The first-order valence-corrected chi connectivity index (χ1v) is 10.1. The molecule has 1 aromatic carbocycles. The summed E-state index contributed by atoms with van der Waals surface area (Å²) in [6.07, 6.45) is 0.0851. The van der Waals surface area contributed by atoms with Gasteiger partial charge in [0.05, 0.1) is 17.0 Å². The van der Waals surface area contributed by atoms with Crippen LogP contribution in [-0.2, 0) is 22.7 Å². The molecule has 146 valence electrons. The molecule has 0 radical (unpaired) electrons. The molecule has 6 nitrogen and oxygen atoms in total. The fourth-order valence-electron chi connectivity index (χ4n) is 2.16. The number of ether oxygens (including phenoxy) is 2. The van der Waals surface area contributed by atoms with Crippen molar-refractivity contribution in [2.45, 2.75) is 19.6 Å². The van der Waals surface area contributed by atoms with Crippen molar-refractivity contribution in [3.05, 3.63) is 68.6 Å². The van der Waals surface area contributed by atoms with E-state index in [1.54, 1.807) is 29.6 Å². The van der Waals surface area contributed by atoms with Crippen LogP contribution in [0.5, 0.6) is 5.75 Å². The van der Waals surface area contributed by atoms with Gasteiger partial charge in [0.25, 0.3) is 5.91 Å². The topological polar surface area (TPSA) is 77.5 Å². The molecule has 0 aliphatic heterocycles. The normalized spacial score (nSPS) is 10.5. The first kappa shape index (κ1) is 20.0. The molecular weight excluding hydrogens is 403 g/mol. The van der Waals surface area contributed by atoms with Gasteiger partial charge in [0, 0.05) is 11.9 Å². The number of nitrogens with one attached hydrogen (secondary N) is 1. The summed E-state index contributed by atoms with van der Waals surface area (Å²) in [4.78, 5) is 28.5. The number of amides is 1. The summed E-state index contributed by atoms with van der Waals surface area (Å²) in [5, 5.41) is 6.99. The third-order valence-corrected chi connectivity index (χ3v) is 5.26. The van der Waals surface area contributed by atoms with Crippen LogP contribution in [0.2, 0.25) is 0 Å². The van der Waals surface area contributed by atoms with Gasteiger partial charge in [0.2, 0.25) is 0 Å². The van der Waals surface area contributed by atoms with Crippen molar-refractivity contribution in [3.63, 3.8) is 0 Å². The Labute approximate surface area is 169 Å². The Morgan fingerprint density at radius 1 is 1.11 bits per heavy atom. The van der Waals surface area contributed by atoms with Crippen molar-refractivity contribution in [2.75, 3.05) is 6.54 Å². The number of hydrogen-bond donors (Lipinski definition) is 1. The zero-order valence-corrected chi connectivity index (χ0v) is 16.4. The number of aromatic nitrogens is 1. The molecule has 0 aliphatic carbocycles. The lowest BCUT2D eigenvalue weighted by Crippen LogP contribution is -2.25. The maximum atomic E-state index is 12.9. The number of rotatable bonds is 9. The molecule has 0 saturated heterocycles. The lowest BCUT2D eigenvalue weighted by atomic mass is 10.3. The van der Waals surface area contributed by atoms with Crippen LogP contribution in [0.4, 0.5) is 4.39 Å². The summed E-state index contributed by atoms with van der Waals surface area (Å²) < 4.78 is 23.5. The molecule has 0 unspecified atom stereocenters. The van der Waals surface area contributed by atoms with Crippen LogP contribution in [0.3, 0.4) is 0 Å². The average molecular weight is 420 g/mol. The van der Waals surface area contributed by atoms with Gasteiger partial charge < -0.3 is 14.8 Å². The van der Waals surface area contributed by atoms with Gasteiger partial charge in [0.15, 0.2) is 0 Å². The van der Waals surface area contributed by atoms with Crippen molar-refractivity contribution in [3.8, 4) is 5.75 Å². The molecule has 0 atom stereocenters. The number of carbonyl (C=O) groups is 2. The second-order valence-corrected chi connectivity index (χ2v) is 7.51. The summed E-state index contributed by atoms with van der Waals surface area (Å²) in [6.45, 7) is 0.521. The van der Waals surface area contributed by atoms with E-state index in [0.29, 0.717) is 16.3 Å².